The number of rotatable bonds is 5. The Balaban J connectivity index is 0.00000144. The van der Waals surface area contributed by atoms with Crippen LogP contribution in [-0.4, -0.2) is 23.5 Å². The van der Waals surface area contributed by atoms with Gasteiger partial charge in [0.05, 0.1) is 18.4 Å². The molecule has 1 saturated carbocycles. The van der Waals surface area contributed by atoms with Crippen LogP contribution in [-0.2, 0) is 11.2 Å². The highest BCUT2D eigenvalue weighted by Gasteiger charge is 2.25. The Kier molecular flexibility index (Phi) is 8.76. The minimum absolute atomic E-state index is 0. The molecule has 24 heavy (non-hydrogen) atoms. The van der Waals surface area contributed by atoms with E-state index in [2.05, 4.69) is 10.3 Å². The molecule has 0 bridgehead atoms. The van der Waals surface area contributed by atoms with Crippen molar-refractivity contribution in [3.8, 4) is 10.6 Å². The second-order valence-electron chi connectivity index (χ2n) is 5.79. The number of carbonyl (C=O) groups is 1. The van der Waals surface area contributed by atoms with Crippen molar-refractivity contribution in [2.45, 2.75) is 38.1 Å². The third-order valence-electron chi connectivity index (χ3n) is 4.22. The number of nitrogens with one attached hydrogen (secondary N) is 1. The zero-order valence-corrected chi connectivity index (χ0v) is 15.7. The van der Waals surface area contributed by atoms with Crippen molar-refractivity contribution in [1.82, 2.24) is 10.3 Å². The molecule has 0 saturated heterocycles. The predicted molar refractivity (Wildman–Crippen MR) is 101 cm³/mol. The lowest BCUT2D eigenvalue weighted by Crippen LogP contribution is -2.45. The van der Waals surface area contributed by atoms with E-state index < -0.39 is 0 Å². The SMILES string of the molecule is Cl.Cl.NCC1CCCCC1NC(=O)Cc1csc(-c2ccoc2)n1. The van der Waals surface area contributed by atoms with E-state index in [4.69, 9.17) is 10.2 Å². The lowest BCUT2D eigenvalue weighted by Gasteiger charge is -2.31. The molecule has 134 valence electrons. The number of thiazole rings is 1. The number of hydrogen-bond donors (Lipinski definition) is 2. The van der Waals surface area contributed by atoms with Crippen LogP contribution in [0.25, 0.3) is 10.6 Å². The first-order valence-electron chi connectivity index (χ1n) is 7.72. The molecule has 0 spiro atoms. The first-order valence-corrected chi connectivity index (χ1v) is 8.60. The molecule has 2 aromatic heterocycles. The van der Waals surface area contributed by atoms with Gasteiger partial charge in [0.25, 0.3) is 0 Å². The van der Waals surface area contributed by atoms with Crippen LogP contribution in [0.2, 0.25) is 0 Å². The van der Waals surface area contributed by atoms with Gasteiger partial charge in [0, 0.05) is 17.0 Å². The summed E-state index contributed by atoms with van der Waals surface area (Å²) in [5.74, 6) is 0.448. The lowest BCUT2D eigenvalue weighted by atomic mass is 9.84. The van der Waals surface area contributed by atoms with E-state index in [-0.39, 0.29) is 36.8 Å². The molecule has 1 aliphatic carbocycles. The summed E-state index contributed by atoms with van der Waals surface area (Å²) >= 11 is 1.53. The minimum Gasteiger partial charge on any atom is -0.472 e. The van der Waals surface area contributed by atoms with Gasteiger partial charge in [-0.05, 0) is 31.4 Å². The van der Waals surface area contributed by atoms with Crippen LogP contribution in [0.3, 0.4) is 0 Å². The highest BCUT2D eigenvalue weighted by molar-refractivity contribution is 7.13. The molecular weight excluding hydrogens is 369 g/mol. The molecule has 1 amide bonds. The summed E-state index contributed by atoms with van der Waals surface area (Å²) in [6, 6.07) is 2.09. The van der Waals surface area contributed by atoms with Crippen LogP contribution in [0.15, 0.2) is 28.4 Å². The van der Waals surface area contributed by atoms with E-state index in [1.807, 2.05) is 11.4 Å². The maximum atomic E-state index is 12.2. The summed E-state index contributed by atoms with van der Waals surface area (Å²) in [6.07, 6.45) is 8.14. The van der Waals surface area contributed by atoms with Gasteiger partial charge in [0.15, 0.2) is 0 Å². The minimum atomic E-state index is 0. The van der Waals surface area contributed by atoms with Crippen molar-refractivity contribution in [3.63, 3.8) is 0 Å². The van der Waals surface area contributed by atoms with Gasteiger partial charge in [0.1, 0.15) is 11.3 Å². The quantitative estimate of drug-likeness (QED) is 0.817. The summed E-state index contributed by atoms with van der Waals surface area (Å²) in [5.41, 5.74) is 7.56. The van der Waals surface area contributed by atoms with Crippen LogP contribution >= 0.6 is 36.2 Å². The first kappa shape index (κ1) is 21.0. The topological polar surface area (TPSA) is 81.1 Å². The fourth-order valence-electron chi connectivity index (χ4n) is 3.01. The van der Waals surface area contributed by atoms with Crippen LogP contribution in [0.5, 0.6) is 0 Å². The standard InChI is InChI=1S/C16H21N3O2S.2ClH/c17-8-11-3-1-2-4-14(11)19-15(20)7-13-10-22-16(18-13)12-5-6-21-9-12;;/h5-6,9-11,14H,1-4,7-8,17H2,(H,19,20);2*1H. The van der Waals surface area contributed by atoms with Crippen LogP contribution in [0.1, 0.15) is 31.4 Å². The van der Waals surface area contributed by atoms with E-state index in [0.717, 1.165) is 29.1 Å². The third kappa shape index (κ3) is 5.21. The fraction of sp³-hybridized carbons (Fsp3) is 0.500. The molecule has 3 N–H and O–H groups in total. The van der Waals surface area contributed by atoms with Gasteiger partial charge < -0.3 is 15.5 Å². The number of nitrogens with zero attached hydrogens (tertiary/aromatic N) is 1. The smallest absolute Gasteiger partial charge is 0.226 e. The molecule has 2 heterocycles. The van der Waals surface area contributed by atoms with E-state index in [9.17, 15) is 4.79 Å². The Morgan fingerprint density at radius 2 is 2.17 bits per heavy atom. The molecular formula is C16H23Cl2N3O2S. The average Bonchev–Trinajstić information content (AvgIpc) is 3.18. The number of amides is 1. The zero-order valence-electron chi connectivity index (χ0n) is 13.3. The predicted octanol–water partition coefficient (Wildman–Crippen LogP) is 3.42. The zero-order chi connectivity index (χ0) is 15.4. The van der Waals surface area contributed by atoms with Crippen LogP contribution in [0.4, 0.5) is 0 Å². The van der Waals surface area contributed by atoms with Crippen LogP contribution in [0, 0.1) is 5.92 Å². The number of hydrogen-bond acceptors (Lipinski definition) is 5. The molecule has 2 unspecified atom stereocenters. The molecule has 3 rings (SSSR count). The number of furan rings is 1. The van der Waals surface area contributed by atoms with Crippen molar-refractivity contribution in [1.29, 1.82) is 0 Å². The summed E-state index contributed by atoms with van der Waals surface area (Å²) in [6.45, 7) is 0.645. The van der Waals surface area contributed by atoms with Crippen molar-refractivity contribution >= 4 is 42.1 Å². The maximum absolute atomic E-state index is 12.2. The highest BCUT2D eigenvalue weighted by atomic mass is 35.5. The fourth-order valence-corrected chi connectivity index (χ4v) is 3.81. The molecule has 2 atom stereocenters. The van der Waals surface area contributed by atoms with E-state index in [1.165, 1.54) is 24.2 Å². The summed E-state index contributed by atoms with van der Waals surface area (Å²) in [5, 5.41) is 5.96. The van der Waals surface area contributed by atoms with E-state index in [1.54, 1.807) is 12.5 Å². The summed E-state index contributed by atoms with van der Waals surface area (Å²) < 4.78 is 5.06. The average molecular weight is 392 g/mol. The number of aromatic nitrogens is 1. The molecule has 0 radical (unpaired) electrons. The Morgan fingerprint density at radius 1 is 1.38 bits per heavy atom. The summed E-state index contributed by atoms with van der Waals surface area (Å²) in [4.78, 5) is 16.7. The molecule has 5 nitrogen and oxygen atoms in total. The van der Waals surface area contributed by atoms with Gasteiger partial charge >= 0.3 is 0 Å². The monoisotopic (exact) mass is 391 g/mol. The summed E-state index contributed by atoms with van der Waals surface area (Å²) in [7, 11) is 0. The van der Waals surface area contributed by atoms with E-state index >= 15 is 0 Å². The Labute approximate surface area is 158 Å². The molecule has 1 fully saturated rings. The lowest BCUT2D eigenvalue weighted by molar-refractivity contribution is -0.121. The van der Waals surface area contributed by atoms with Gasteiger partial charge in [-0.2, -0.15) is 0 Å². The Hall–Kier alpha value is -1.08. The highest BCUT2D eigenvalue weighted by Crippen LogP contribution is 2.25. The first-order chi connectivity index (χ1) is 10.8. The normalized spacial score (nSPS) is 19.9. The maximum Gasteiger partial charge on any atom is 0.226 e. The molecule has 1 aliphatic rings. The van der Waals surface area contributed by atoms with Gasteiger partial charge in [-0.1, -0.05) is 12.8 Å². The van der Waals surface area contributed by atoms with Gasteiger partial charge in [0.2, 0.25) is 5.91 Å². The molecule has 0 aromatic carbocycles. The van der Waals surface area contributed by atoms with Gasteiger partial charge in [-0.25, -0.2) is 4.98 Å². The van der Waals surface area contributed by atoms with Crippen LogP contribution < -0.4 is 11.1 Å². The van der Waals surface area contributed by atoms with Crippen molar-refractivity contribution in [2.24, 2.45) is 11.7 Å². The van der Waals surface area contributed by atoms with E-state index in [0.29, 0.717) is 18.9 Å². The molecule has 2 aromatic rings. The van der Waals surface area contributed by atoms with Crippen molar-refractivity contribution in [3.05, 3.63) is 29.7 Å². The number of halogens is 2. The molecule has 8 heteroatoms. The Morgan fingerprint density at radius 3 is 2.88 bits per heavy atom. The molecule has 0 aliphatic heterocycles. The van der Waals surface area contributed by atoms with Gasteiger partial charge in [-0.3, -0.25) is 4.79 Å². The largest absolute Gasteiger partial charge is 0.472 e. The van der Waals surface area contributed by atoms with Crippen molar-refractivity contribution < 1.29 is 9.21 Å². The second-order valence-corrected chi connectivity index (χ2v) is 6.65. The number of nitrogens with two attached hydrogens (primary N) is 1. The van der Waals surface area contributed by atoms with Gasteiger partial charge in [-0.15, -0.1) is 36.2 Å². The number of carbonyl (C=O) groups excluding carboxylic acids is 1. The Bertz CT molecular complexity index is 619. The third-order valence-corrected chi connectivity index (χ3v) is 5.16. The van der Waals surface area contributed by atoms with Crippen molar-refractivity contribution in [2.75, 3.05) is 6.54 Å². The second kappa shape index (κ2) is 10.0.